The zero-order valence-electron chi connectivity index (χ0n) is 11.8. The molecule has 0 aliphatic rings. The minimum Gasteiger partial charge on any atom is -0.494 e. The molecule has 1 atom stereocenters. The third-order valence-corrected chi connectivity index (χ3v) is 3.05. The third kappa shape index (κ3) is 4.63. The molecule has 1 unspecified atom stereocenters. The Morgan fingerprint density at radius 1 is 1.38 bits per heavy atom. The van der Waals surface area contributed by atoms with Crippen LogP contribution in [0.1, 0.15) is 18.9 Å². The lowest BCUT2D eigenvalue weighted by molar-refractivity contribution is -0.205. The minimum absolute atomic E-state index is 0.117. The van der Waals surface area contributed by atoms with Crippen molar-refractivity contribution in [2.75, 3.05) is 13.2 Å². The predicted molar refractivity (Wildman–Crippen MR) is 71.4 cm³/mol. The van der Waals surface area contributed by atoms with Gasteiger partial charge in [-0.05, 0) is 44.5 Å². The fraction of sp³-hybridized carbons (Fsp3) is 0.500. The van der Waals surface area contributed by atoms with E-state index in [9.17, 15) is 18.0 Å². The van der Waals surface area contributed by atoms with Gasteiger partial charge in [0.05, 0.1) is 6.61 Å². The maximum Gasteiger partial charge on any atom is 0.417 e. The van der Waals surface area contributed by atoms with Crippen LogP contribution < -0.4 is 10.1 Å². The summed E-state index contributed by atoms with van der Waals surface area (Å²) in [6.07, 6.45) is -4.61. The Bertz CT molecular complexity index is 491. The van der Waals surface area contributed by atoms with E-state index in [2.05, 4.69) is 0 Å². The van der Waals surface area contributed by atoms with Crippen molar-refractivity contribution in [2.24, 2.45) is 0 Å². The number of carbonyl (C=O) groups is 1. The van der Waals surface area contributed by atoms with Crippen LogP contribution in [0.2, 0.25) is 0 Å². The van der Waals surface area contributed by atoms with Crippen LogP contribution in [0.15, 0.2) is 24.3 Å². The first-order chi connectivity index (χ1) is 9.67. The van der Waals surface area contributed by atoms with Gasteiger partial charge < -0.3 is 9.84 Å². The molecule has 0 bridgehead atoms. The van der Waals surface area contributed by atoms with Gasteiger partial charge in [-0.1, -0.05) is 12.1 Å². The molecule has 7 heteroatoms. The van der Waals surface area contributed by atoms with Crippen molar-refractivity contribution in [3.8, 4) is 5.75 Å². The first-order valence-corrected chi connectivity index (χ1v) is 6.41. The number of hydrogen-bond acceptors (Lipinski definition) is 3. The summed E-state index contributed by atoms with van der Waals surface area (Å²) in [5, 5.41) is 10.7. The average Bonchev–Trinajstić information content (AvgIpc) is 2.36. The molecule has 0 spiro atoms. The highest BCUT2D eigenvalue weighted by atomic mass is 19.4. The summed E-state index contributed by atoms with van der Waals surface area (Å²) < 4.78 is 43.5. The van der Waals surface area contributed by atoms with Crippen LogP contribution >= 0.6 is 0 Å². The number of halogens is 3. The molecule has 0 saturated heterocycles. The van der Waals surface area contributed by atoms with E-state index >= 15 is 0 Å². The quantitative estimate of drug-likeness (QED) is 0.761. The normalized spacial score (nSPS) is 14.5. The summed E-state index contributed by atoms with van der Waals surface area (Å²) in [7, 11) is 0. The van der Waals surface area contributed by atoms with Crippen LogP contribution in [0.25, 0.3) is 0 Å². The Labute approximate surface area is 120 Å². The van der Waals surface area contributed by atoms with Gasteiger partial charge in [-0.3, -0.25) is 5.32 Å². The Hall–Kier alpha value is -1.76. The topological polar surface area (TPSA) is 58.6 Å². The van der Waals surface area contributed by atoms with Gasteiger partial charge in [0.1, 0.15) is 5.75 Å². The number of carboxylic acid groups (broad SMARTS) is 1. The molecule has 1 rings (SSSR count). The van der Waals surface area contributed by atoms with E-state index in [1.165, 1.54) is 0 Å². The molecule has 0 saturated carbocycles. The zero-order valence-corrected chi connectivity index (χ0v) is 11.8. The monoisotopic (exact) mass is 305 g/mol. The number of ether oxygens (including phenoxy) is 1. The molecule has 0 aliphatic carbocycles. The van der Waals surface area contributed by atoms with Crippen molar-refractivity contribution in [1.82, 2.24) is 5.32 Å². The lowest BCUT2D eigenvalue weighted by atomic mass is 10.0. The van der Waals surface area contributed by atoms with Crippen molar-refractivity contribution >= 4 is 5.97 Å². The zero-order chi connectivity index (χ0) is 16.1. The molecule has 0 fully saturated rings. The summed E-state index contributed by atoms with van der Waals surface area (Å²) in [6, 6.07) is 7.27. The van der Waals surface area contributed by atoms with Gasteiger partial charge in [0.2, 0.25) is 5.54 Å². The number of benzene rings is 1. The second-order valence-electron chi connectivity index (χ2n) is 4.87. The summed E-state index contributed by atoms with van der Waals surface area (Å²) >= 11 is 0. The number of aryl methyl sites for hydroxylation is 1. The fourth-order valence-corrected chi connectivity index (χ4v) is 1.60. The lowest BCUT2D eigenvalue weighted by Crippen LogP contribution is -2.60. The highest BCUT2D eigenvalue weighted by Gasteiger charge is 2.56. The van der Waals surface area contributed by atoms with E-state index < -0.39 is 17.7 Å². The largest absolute Gasteiger partial charge is 0.494 e. The molecule has 21 heavy (non-hydrogen) atoms. The molecule has 4 nitrogen and oxygen atoms in total. The molecule has 1 aromatic rings. The number of hydrogen-bond donors (Lipinski definition) is 2. The summed E-state index contributed by atoms with van der Waals surface area (Å²) in [4.78, 5) is 10.8. The predicted octanol–water partition coefficient (Wildman–Crippen LogP) is 2.76. The molecular weight excluding hydrogens is 287 g/mol. The highest BCUT2D eigenvalue weighted by Crippen LogP contribution is 2.30. The van der Waals surface area contributed by atoms with Gasteiger partial charge in [0.25, 0.3) is 0 Å². The van der Waals surface area contributed by atoms with Crippen LogP contribution in [-0.4, -0.2) is 35.9 Å². The van der Waals surface area contributed by atoms with Gasteiger partial charge in [0.15, 0.2) is 0 Å². The molecule has 0 radical (unpaired) electrons. The number of alkyl halides is 3. The maximum atomic E-state index is 12.7. The van der Waals surface area contributed by atoms with Crippen molar-refractivity contribution < 1.29 is 27.8 Å². The molecule has 1 aromatic carbocycles. The third-order valence-electron chi connectivity index (χ3n) is 3.05. The van der Waals surface area contributed by atoms with Gasteiger partial charge in [-0.2, -0.15) is 13.2 Å². The molecule has 118 valence electrons. The lowest BCUT2D eigenvalue weighted by Gasteiger charge is -2.28. The first kappa shape index (κ1) is 17.3. The summed E-state index contributed by atoms with van der Waals surface area (Å²) in [5.74, 6) is -1.32. The molecular formula is C14H18F3NO3. The SMILES string of the molecule is Cc1cccc(OCCCNC(C)(C(=O)O)C(F)(F)F)c1. The molecule has 0 heterocycles. The number of rotatable bonds is 7. The van der Waals surface area contributed by atoms with Crippen LogP contribution in [0.3, 0.4) is 0 Å². The van der Waals surface area contributed by atoms with Crippen molar-refractivity contribution in [1.29, 1.82) is 0 Å². The van der Waals surface area contributed by atoms with Gasteiger partial charge in [0, 0.05) is 0 Å². The molecule has 0 amide bonds. The smallest absolute Gasteiger partial charge is 0.417 e. The summed E-state index contributed by atoms with van der Waals surface area (Å²) in [6.45, 7) is 2.59. The second-order valence-corrected chi connectivity index (χ2v) is 4.87. The van der Waals surface area contributed by atoms with E-state index in [1.807, 2.05) is 30.4 Å². The van der Waals surface area contributed by atoms with Crippen molar-refractivity contribution in [3.05, 3.63) is 29.8 Å². The Balaban J connectivity index is 2.41. The van der Waals surface area contributed by atoms with Crippen LogP contribution in [0.5, 0.6) is 5.75 Å². The summed E-state index contributed by atoms with van der Waals surface area (Å²) in [5.41, 5.74) is -1.93. The Morgan fingerprint density at radius 2 is 2.05 bits per heavy atom. The first-order valence-electron chi connectivity index (χ1n) is 6.41. The van der Waals surface area contributed by atoms with E-state index in [0.717, 1.165) is 5.56 Å². The molecule has 0 aromatic heterocycles. The molecule has 0 aliphatic heterocycles. The van der Waals surface area contributed by atoms with Gasteiger partial charge in [-0.25, -0.2) is 4.79 Å². The Kier molecular flexibility index (Phi) is 5.60. The van der Waals surface area contributed by atoms with Crippen molar-refractivity contribution in [2.45, 2.75) is 32.0 Å². The van der Waals surface area contributed by atoms with E-state index in [-0.39, 0.29) is 19.6 Å². The van der Waals surface area contributed by atoms with Crippen molar-refractivity contribution in [3.63, 3.8) is 0 Å². The standard InChI is InChI=1S/C14H18F3NO3/c1-10-5-3-6-11(9-10)21-8-4-7-18-13(2,12(19)20)14(15,16)17/h3,5-6,9,18H,4,7-8H2,1-2H3,(H,19,20). The minimum atomic E-state index is -4.86. The maximum absolute atomic E-state index is 12.7. The highest BCUT2D eigenvalue weighted by molar-refractivity contribution is 5.79. The average molecular weight is 305 g/mol. The van der Waals surface area contributed by atoms with Crippen LogP contribution in [-0.2, 0) is 4.79 Å². The van der Waals surface area contributed by atoms with E-state index in [1.54, 1.807) is 6.07 Å². The van der Waals surface area contributed by atoms with E-state index in [0.29, 0.717) is 12.7 Å². The number of carboxylic acids is 1. The van der Waals surface area contributed by atoms with Gasteiger partial charge in [-0.15, -0.1) is 0 Å². The molecule has 2 N–H and O–H groups in total. The Morgan fingerprint density at radius 3 is 2.57 bits per heavy atom. The number of nitrogens with one attached hydrogen (secondary N) is 1. The van der Waals surface area contributed by atoms with E-state index in [4.69, 9.17) is 9.84 Å². The van der Waals surface area contributed by atoms with Crippen LogP contribution in [0.4, 0.5) is 13.2 Å². The fourth-order valence-electron chi connectivity index (χ4n) is 1.60. The van der Waals surface area contributed by atoms with Crippen LogP contribution in [0, 0.1) is 6.92 Å². The number of aliphatic carboxylic acids is 1. The second kappa shape index (κ2) is 6.80. The van der Waals surface area contributed by atoms with Gasteiger partial charge >= 0.3 is 12.1 Å².